The summed E-state index contributed by atoms with van der Waals surface area (Å²) in [6.45, 7) is 7.44. The van der Waals surface area contributed by atoms with E-state index in [0.717, 1.165) is 0 Å². The number of carbonyl (C=O) groups is 1. The van der Waals surface area contributed by atoms with Crippen molar-refractivity contribution < 1.29 is 9.53 Å². The van der Waals surface area contributed by atoms with Gasteiger partial charge >= 0.3 is 5.97 Å². The molecular weight excluding hydrogens is 218 g/mol. The Morgan fingerprint density at radius 3 is 2.65 bits per heavy atom. The summed E-state index contributed by atoms with van der Waals surface area (Å²) < 4.78 is 4.66. The van der Waals surface area contributed by atoms with Crippen LogP contribution in [0.5, 0.6) is 0 Å². The highest BCUT2D eigenvalue weighted by atomic mass is 16.5. The third-order valence-corrected chi connectivity index (χ3v) is 2.67. The average molecular weight is 229 g/mol. The number of para-hydroxylation sites is 1. The van der Waals surface area contributed by atoms with Crippen LogP contribution in [0.1, 0.15) is 10.4 Å². The molecule has 2 rings (SSSR count). The molecule has 0 aliphatic heterocycles. The molecule has 1 N–H and O–H groups in total. The monoisotopic (exact) mass is 229 g/mol. The Labute approximate surface area is 96.8 Å². The number of aromatic amines is 1. The third kappa shape index (κ3) is 1.63. The van der Waals surface area contributed by atoms with Crippen LogP contribution < -0.4 is 16.0 Å². The zero-order chi connectivity index (χ0) is 12.6. The van der Waals surface area contributed by atoms with E-state index in [1.54, 1.807) is 18.2 Å². The molecule has 17 heavy (non-hydrogen) atoms. The molecule has 0 saturated carbocycles. The highest BCUT2D eigenvalue weighted by Gasteiger charge is 2.11. The van der Waals surface area contributed by atoms with Gasteiger partial charge in [0.15, 0.2) is 0 Å². The molecule has 1 aromatic heterocycles. The second-order valence-electron chi connectivity index (χ2n) is 3.63. The molecule has 1 aromatic carbocycles. The van der Waals surface area contributed by atoms with Crippen molar-refractivity contribution in [3.8, 4) is 0 Å². The van der Waals surface area contributed by atoms with Crippen molar-refractivity contribution in [1.29, 1.82) is 0 Å². The molecule has 0 bridgehead atoms. The lowest BCUT2D eigenvalue weighted by Crippen LogP contribution is -2.39. The molecule has 0 spiro atoms. The van der Waals surface area contributed by atoms with Gasteiger partial charge in [0, 0.05) is 10.6 Å². The van der Waals surface area contributed by atoms with Crippen LogP contribution in [0.15, 0.2) is 23.0 Å². The van der Waals surface area contributed by atoms with Gasteiger partial charge in [0.2, 0.25) is 0 Å². The number of aromatic nitrogens is 1. The van der Waals surface area contributed by atoms with Gasteiger partial charge in [-0.05, 0) is 11.3 Å². The summed E-state index contributed by atoms with van der Waals surface area (Å²) in [6, 6.07) is 5.07. The number of nitrogens with one attached hydrogen (secondary N) is 1. The predicted octanol–water partition coefficient (Wildman–Crippen LogP) is 0.135. The molecule has 4 heteroatoms. The van der Waals surface area contributed by atoms with Crippen LogP contribution in [0.3, 0.4) is 0 Å². The van der Waals surface area contributed by atoms with Crippen LogP contribution in [0.25, 0.3) is 24.1 Å². The Balaban J connectivity index is 3.02. The SMILES string of the molecule is C=c1c(=O)[nH]c2c(C(=O)OC)cccc2c1=C. The quantitative estimate of drug-likeness (QED) is 0.707. The highest BCUT2D eigenvalue weighted by molar-refractivity contribution is 6.02. The molecule has 0 amide bonds. The second-order valence-corrected chi connectivity index (χ2v) is 3.63. The van der Waals surface area contributed by atoms with Gasteiger partial charge in [-0.3, -0.25) is 4.79 Å². The molecule has 4 nitrogen and oxygen atoms in total. The smallest absolute Gasteiger partial charge is 0.339 e. The molecule has 86 valence electrons. The van der Waals surface area contributed by atoms with Crippen LogP contribution in [0.4, 0.5) is 0 Å². The Hall–Kier alpha value is -2.36. The number of fused-ring (bicyclic) bond motifs is 1. The minimum atomic E-state index is -0.498. The molecule has 0 fully saturated rings. The van der Waals surface area contributed by atoms with Crippen LogP contribution in [-0.2, 0) is 4.74 Å². The van der Waals surface area contributed by atoms with Crippen molar-refractivity contribution in [3.05, 3.63) is 44.6 Å². The topological polar surface area (TPSA) is 59.2 Å². The minimum absolute atomic E-state index is 0.305. The van der Waals surface area contributed by atoms with Crippen molar-refractivity contribution in [3.63, 3.8) is 0 Å². The van der Waals surface area contributed by atoms with Gasteiger partial charge in [0.25, 0.3) is 5.56 Å². The van der Waals surface area contributed by atoms with Gasteiger partial charge in [0.1, 0.15) is 0 Å². The fraction of sp³-hybridized carbons (Fsp3) is 0.0769. The maximum Gasteiger partial charge on any atom is 0.339 e. The maximum absolute atomic E-state index is 11.6. The fourth-order valence-electron chi connectivity index (χ4n) is 1.71. The molecule has 0 aliphatic rings. The van der Waals surface area contributed by atoms with Gasteiger partial charge in [0.05, 0.1) is 18.2 Å². The summed E-state index contributed by atoms with van der Waals surface area (Å²) in [5, 5.41) is 1.52. The number of benzene rings is 1. The first-order chi connectivity index (χ1) is 8.06. The molecular formula is C13H11NO3. The average Bonchev–Trinajstić information content (AvgIpc) is 2.34. The van der Waals surface area contributed by atoms with E-state index in [1.165, 1.54) is 7.11 Å². The van der Waals surface area contributed by atoms with Crippen molar-refractivity contribution in [1.82, 2.24) is 4.98 Å². The number of hydrogen-bond acceptors (Lipinski definition) is 3. The zero-order valence-corrected chi connectivity index (χ0v) is 9.37. The van der Waals surface area contributed by atoms with E-state index in [9.17, 15) is 9.59 Å². The summed E-state index contributed by atoms with van der Waals surface area (Å²) in [4.78, 5) is 25.8. The molecule has 1 heterocycles. The number of esters is 1. The normalized spacial score (nSPS) is 10.4. The number of methoxy groups -OCH3 is 1. The van der Waals surface area contributed by atoms with Gasteiger partial charge in [-0.15, -0.1) is 0 Å². The van der Waals surface area contributed by atoms with E-state index < -0.39 is 5.97 Å². The third-order valence-electron chi connectivity index (χ3n) is 2.67. The Kier molecular flexibility index (Phi) is 2.55. The van der Waals surface area contributed by atoms with E-state index >= 15 is 0 Å². The number of carbonyl (C=O) groups excluding carboxylic acids is 1. The van der Waals surface area contributed by atoms with Crippen LogP contribution in [-0.4, -0.2) is 18.1 Å². The number of pyridine rings is 1. The number of H-pyrrole nitrogens is 1. The zero-order valence-electron chi connectivity index (χ0n) is 9.37. The second kappa shape index (κ2) is 3.90. The van der Waals surface area contributed by atoms with Gasteiger partial charge in [-0.25, -0.2) is 4.79 Å². The van der Waals surface area contributed by atoms with E-state index in [1.807, 2.05) is 0 Å². The molecule has 0 aliphatic carbocycles. The minimum Gasteiger partial charge on any atom is -0.465 e. The number of hydrogen-bond donors (Lipinski definition) is 1. The van der Waals surface area contributed by atoms with Crippen LogP contribution in [0, 0.1) is 0 Å². The summed E-state index contributed by atoms with van der Waals surface area (Å²) in [6.07, 6.45) is 0. The molecule has 0 radical (unpaired) electrons. The van der Waals surface area contributed by atoms with E-state index in [0.29, 0.717) is 26.9 Å². The summed E-state index contributed by atoms with van der Waals surface area (Å²) in [7, 11) is 1.29. The van der Waals surface area contributed by atoms with Crippen molar-refractivity contribution in [2.75, 3.05) is 7.11 Å². The van der Waals surface area contributed by atoms with E-state index in [4.69, 9.17) is 0 Å². The Morgan fingerprint density at radius 1 is 1.29 bits per heavy atom. The molecule has 2 aromatic rings. The fourth-order valence-corrected chi connectivity index (χ4v) is 1.71. The van der Waals surface area contributed by atoms with Crippen molar-refractivity contribution >= 4 is 30.0 Å². The number of rotatable bonds is 1. The van der Waals surface area contributed by atoms with Gasteiger partial charge in [-0.1, -0.05) is 25.3 Å². The van der Waals surface area contributed by atoms with Crippen LogP contribution in [0.2, 0.25) is 0 Å². The first kappa shape index (κ1) is 11.1. The summed E-state index contributed by atoms with van der Waals surface area (Å²) in [5.74, 6) is -0.498. The lowest BCUT2D eigenvalue weighted by atomic mass is 10.1. The van der Waals surface area contributed by atoms with E-state index in [-0.39, 0.29) is 5.56 Å². The summed E-state index contributed by atoms with van der Waals surface area (Å²) >= 11 is 0. The summed E-state index contributed by atoms with van der Waals surface area (Å²) in [5.41, 5.74) is 0.396. The maximum atomic E-state index is 11.6. The standard InChI is InChI=1S/C13H11NO3/c1-7-8(2)12(15)14-11-9(7)5-4-6-10(11)13(16)17-3/h4-6H,1-2H2,3H3,(H,14,15). The first-order valence-corrected chi connectivity index (χ1v) is 4.97. The van der Waals surface area contributed by atoms with Gasteiger partial charge in [-0.2, -0.15) is 0 Å². The Morgan fingerprint density at radius 2 is 2.00 bits per heavy atom. The largest absolute Gasteiger partial charge is 0.465 e. The molecule has 0 unspecified atom stereocenters. The lowest BCUT2D eigenvalue weighted by molar-refractivity contribution is 0.0603. The van der Waals surface area contributed by atoms with Crippen molar-refractivity contribution in [2.45, 2.75) is 0 Å². The van der Waals surface area contributed by atoms with Gasteiger partial charge < -0.3 is 9.72 Å². The Bertz CT molecular complexity index is 759. The molecule has 0 saturated heterocycles. The van der Waals surface area contributed by atoms with Crippen molar-refractivity contribution in [2.24, 2.45) is 0 Å². The van der Waals surface area contributed by atoms with Crippen LogP contribution >= 0.6 is 0 Å². The first-order valence-electron chi connectivity index (χ1n) is 4.97. The predicted molar refractivity (Wildman–Crippen MR) is 66.2 cm³/mol. The number of ether oxygens (including phenoxy) is 1. The molecule has 0 atom stereocenters. The van der Waals surface area contributed by atoms with E-state index in [2.05, 4.69) is 22.9 Å². The lowest BCUT2D eigenvalue weighted by Gasteiger charge is -2.04. The highest BCUT2D eigenvalue weighted by Crippen LogP contribution is 2.12.